The first-order valence-electron chi connectivity index (χ1n) is 7.65. The second kappa shape index (κ2) is 6.92. The van der Waals surface area contributed by atoms with Crippen LogP contribution in [0.2, 0.25) is 0 Å². The number of thiophene rings is 1. The van der Waals surface area contributed by atoms with E-state index in [0.717, 1.165) is 39.9 Å². The zero-order valence-corrected chi connectivity index (χ0v) is 14.9. The lowest BCUT2D eigenvalue weighted by atomic mass is 10.2. The van der Waals surface area contributed by atoms with Gasteiger partial charge in [0.25, 0.3) is 5.56 Å². The molecule has 2 N–H and O–H groups in total. The van der Waals surface area contributed by atoms with E-state index in [1.165, 1.54) is 0 Å². The molecule has 3 heterocycles. The number of aromatic nitrogens is 2. The maximum Gasteiger partial charge on any atom is 0.317 e. The first-order chi connectivity index (χ1) is 11.1. The van der Waals surface area contributed by atoms with Crippen molar-refractivity contribution >= 4 is 39.3 Å². The van der Waals surface area contributed by atoms with E-state index in [9.17, 15) is 9.59 Å². The highest BCUT2D eigenvalue weighted by Crippen LogP contribution is 2.25. The summed E-state index contributed by atoms with van der Waals surface area (Å²) in [4.78, 5) is 35.3. The number of fused-ring (bicyclic) bond motifs is 1. The molecule has 1 saturated heterocycles. The average molecular weight is 352 g/mol. The van der Waals surface area contributed by atoms with Crippen molar-refractivity contribution in [2.24, 2.45) is 0 Å². The molecule has 8 heteroatoms. The third-order valence-electron chi connectivity index (χ3n) is 4.02. The Balaban J connectivity index is 1.63. The molecule has 3 rings (SSSR count). The fourth-order valence-electron chi connectivity index (χ4n) is 2.58. The Morgan fingerprint density at radius 3 is 2.83 bits per heavy atom. The predicted octanol–water partition coefficient (Wildman–Crippen LogP) is 1.90. The Morgan fingerprint density at radius 2 is 2.09 bits per heavy atom. The highest BCUT2D eigenvalue weighted by molar-refractivity contribution is 7.99. The van der Waals surface area contributed by atoms with E-state index in [-0.39, 0.29) is 11.6 Å². The molecular formula is C15H20N4O2S2. The van der Waals surface area contributed by atoms with Gasteiger partial charge in [0.05, 0.1) is 5.39 Å². The van der Waals surface area contributed by atoms with Gasteiger partial charge in [-0.25, -0.2) is 9.78 Å². The molecule has 0 spiro atoms. The summed E-state index contributed by atoms with van der Waals surface area (Å²) >= 11 is 3.41. The van der Waals surface area contributed by atoms with E-state index in [4.69, 9.17) is 0 Å². The molecule has 2 aromatic heterocycles. The van der Waals surface area contributed by atoms with Crippen LogP contribution in [0.4, 0.5) is 4.79 Å². The molecule has 0 atom stereocenters. The number of aromatic amines is 1. The van der Waals surface area contributed by atoms with Crippen LogP contribution < -0.4 is 10.9 Å². The van der Waals surface area contributed by atoms with Crippen molar-refractivity contribution in [3.05, 3.63) is 26.6 Å². The normalized spacial score (nSPS) is 15.1. The predicted molar refractivity (Wildman–Crippen MR) is 95.7 cm³/mol. The maximum absolute atomic E-state index is 12.2. The Labute approximate surface area is 142 Å². The Bertz CT molecular complexity index is 778. The summed E-state index contributed by atoms with van der Waals surface area (Å²) in [5.74, 6) is 2.62. The third kappa shape index (κ3) is 3.53. The Morgan fingerprint density at radius 1 is 1.35 bits per heavy atom. The molecule has 0 radical (unpaired) electrons. The van der Waals surface area contributed by atoms with Gasteiger partial charge >= 0.3 is 6.03 Å². The maximum atomic E-state index is 12.2. The van der Waals surface area contributed by atoms with Gasteiger partial charge < -0.3 is 15.2 Å². The Kier molecular flexibility index (Phi) is 4.91. The second-order valence-corrected chi connectivity index (χ2v) is 7.99. The number of hydrogen-bond donors (Lipinski definition) is 2. The summed E-state index contributed by atoms with van der Waals surface area (Å²) in [5.41, 5.74) is 0.910. The molecule has 124 valence electrons. The monoisotopic (exact) mass is 352 g/mol. The summed E-state index contributed by atoms with van der Waals surface area (Å²) in [7, 11) is 0. The molecule has 1 aliphatic rings. The van der Waals surface area contributed by atoms with Crippen LogP contribution in [-0.2, 0) is 6.42 Å². The van der Waals surface area contributed by atoms with E-state index < -0.39 is 0 Å². The van der Waals surface area contributed by atoms with Crippen LogP contribution in [0, 0.1) is 13.8 Å². The fraction of sp³-hybridized carbons (Fsp3) is 0.533. The van der Waals surface area contributed by atoms with Crippen molar-refractivity contribution in [2.45, 2.75) is 20.3 Å². The number of thioether (sulfide) groups is 1. The lowest BCUT2D eigenvalue weighted by molar-refractivity contribution is 0.203. The number of urea groups is 1. The van der Waals surface area contributed by atoms with Gasteiger partial charge in [-0.3, -0.25) is 4.79 Å². The van der Waals surface area contributed by atoms with Gasteiger partial charge in [0.2, 0.25) is 0 Å². The average Bonchev–Trinajstić information content (AvgIpc) is 2.83. The summed E-state index contributed by atoms with van der Waals surface area (Å²) in [6, 6.07) is -0.0310. The number of aryl methyl sites for hydroxylation is 2. The molecule has 1 aliphatic heterocycles. The molecular weight excluding hydrogens is 332 g/mol. The van der Waals surface area contributed by atoms with Crippen molar-refractivity contribution in [2.75, 3.05) is 31.1 Å². The SMILES string of the molecule is Cc1sc2nc(CCNC(=O)N3CCSCC3)[nH]c(=O)c2c1C. The van der Waals surface area contributed by atoms with Crippen molar-refractivity contribution in [1.82, 2.24) is 20.2 Å². The number of nitrogens with one attached hydrogen (secondary N) is 2. The number of rotatable bonds is 3. The minimum atomic E-state index is -0.0915. The molecule has 6 nitrogen and oxygen atoms in total. The highest BCUT2D eigenvalue weighted by Gasteiger charge is 2.16. The van der Waals surface area contributed by atoms with Gasteiger partial charge in [0, 0.05) is 42.4 Å². The highest BCUT2D eigenvalue weighted by atomic mass is 32.2. The fourth-order valence-corrected chi connectivity index (χ4v) is 4.54. The van der Waals surface area contributed by atoms with Gasteiger partial charge in [-0.2, -0.15) is 11.8 Å². The zero-order chi connectivity index (χ0) is 16.4. The standard InChI is InChI=1S/C15H20N4O2S2/c1-9-10(2)23-14-12(9)13(20)17-11(18-14)3-4-16-15(21)19-5-7-22-8-6-19/h3-8H2,1-2H3,(H,16,21)(H,17,18,20). The Hall–Kier alpha value is -1.54. The lowest BCUT2D eigenvalue weighted by Gasteiger charge is -2.26. The van der Waals surface area contributed by atoms with E-state index in [1.54, 1.807) is 11.3 Å². The lowest BCUT2D eigenvalue weighted by Crippen LogP contribution is -2.44. The van der Waals surface area contributed by atoms with Crippen LogP contribution >= 0.6 is 23.1 Å². The number of nitrogens with zero attached hydrogens (tertiary/aromatic N) is 2. The number of carbonyl (C=O) groups excluding carboxylic acids is 1. The van der Waals surface area contributed by atoms with Crippen LogP contribution in [0.3, 0.4) is 0 Å². The molecule has 1 fully saturated rings. The van der Waals surface area contributed by atoms with Crippen LogP contribution in [0.25, 0.3) is 10.2 Å². The van der Waals surface area contributed by atoms with Gasteiger partial charge in [-0.1, -0.05) is 0 Å². The van der Waals surface area contributed by atoms with Crippen LogP contribution in [0.1, 0.15) is 16.3 Å². The van der Waals surface area contributed by atoms with Crippen molar-refractivity contribution in [3.8, 4) is 0 Å². The summed E-state index contributed by atoms with van der Waals surface area (Å²) in [6.45, 7) is 6.01. The van der Waals surface area contributed by atoms with Crippen LogP contribution in [0.15, 0.2) is 4.79 Å². The molecule has 2 aromatic rings. The second-order valence-electron chi connectivity index (χ2n) is 5.56. The van der Waals surface area contributed by atoms with E-state index in [0.29, 0.717) is 24.2 Å². The van der Waals surface area contributed by atoms with Crippen molar-refractivity contribution in [1.29, 1.82) is 0 Å². The number of amides is 2. The van der Waals surface area contributed by atoms with Gasteiger partial charge in [-0.05, 0) is 19.4 Å². The quantitative estimate of drug-likeness (QED) is 0.884. The molecule has 2 amide bonds. The molecule has 0 unspecified atom stereocenters. The van der Waals surface area contributed by atoms with Gasteiger partial charge in [0.1, 0.15) is 10.7 Å². The number of H-pyrrole nitrogens is 1. The minimum Gasteiger partial charge on any atom is -0.338 e. The van der Waals surface area contributed by atoms with Crippen LogP contribution in [-0.4, -0.2) is 52.0 Å². The topological polar surface area (TPSA) is 78.1 Å². The molecule has 0 aromatic carbocycles. The summed E-state index contributed by atoms with van der Waals surface area (Å²) in [5, 5.41) is 3.59. The van der Waals surface area contributed by atoms with Gasteiger partial charge in [0.15, 0.2) is 0 Å². The summed E-state index contributed by atoms with van der Waals surface area (Å²) in [6.07, 6.45) is 0.523. The third-order valence-corrected chi connectivity index (χ3v) is 6.07. The number of carbonyl (C=O) groups is 1. The van der Waals surface area contributed by atoms with E-state index in [1.807, 2.05) is 30.5 Å². The molecule has 0 aliphatic carbocycles. The van der Waals surface area contributed by atoms with Crippen molar-refractivity contribution < 1.29 is 4.79 Å². The van der Waals surface area contributed by atoms with E-state index in [2.05, 4.69) is 15.3 Å². The smallest absolute Gasteiger partial charge is 0.317 e. The molecule has 0 bridgehead atoms. The molecule has 23 heavy (non-hydrogen) atoms. The van der Waals surface area contributed by atoms with Crippen molar-refractivity contribution in [3.63, 3.8) is 0 Å². The largest absolute Gasteiger partial charge is 0.338 e. The van der Waals surface area contributed by atoms with E-state index >= 15 is 0 Å². The first-order valence-corrected chi connectivity index (χ1v) is 9.63. The van der Waals surface area contributed by atoms with Gasteiger partial charge in [-0.15, -0.1) is 11.3 Å². The summed E-state index contributed by atoms with van der Waals surface area (Å²) < 4.78 is 0. The first kappa shape index (κ1) is 16.3. The molecule has 0 saturated carbocycles. The van der Waals surface area contributed by atoms with Crippen LogP contribution in [0.5, 0.6) is 0 Å². The minimum absolute atomic E-state index is 0.0310. The zero-order valence-electron chi connectivity index (χ0n) is 13.3. The number of hydrogen-bond acceptors (Lipinski definition) is 5.